The van der Waals surface area contributed by atoms with Gasteiger partial charge >= 0.3 is 0 Å². The van der Waals surface area contributed by atoms with E-state index >= 15 is 0 Å². The molecule has 0 heteroatoms. The van der Waals surface area contributed by atoms with Gasteiger partial charge in [0.2, 0.25) is 0 Å². The number of hydrogen-bond donors (Lipinski definition) is 0. The fourth-order valence-corrected chi connectivity index (χ4v) is 4.60. The second-order valence-corrected chi connectivity index (χ2v) is 7.54. The average molecular weight is 334 g/mol. The number of benzene rings is 2. The van der Waals surface area contributed by atoms with E-state index in [4.69, 9.17) is 0 Å². The molecule has 1 radical (unpaired) electrons. The van der Waals surface area contributed by atoms with Crippen LogP contribution in [0.3, 0.4) is 0 Å². The molecule has 0 aliphatic heterocycles. The maximum Gasteiger partial charge on any atom is -0.000697 e. The molecule has 25 heavy (non-hydrogen) atoms. The highest BCUT2D eigenvalue weighted by atomic mass is 14.3. The first-order valence-corrected chi connectivity index (χ1v) is 10.4. The lowest BCUT2D eigenvalue weighted by Crippen LogP contribution is -2.05. The zero-order valence-corrected chi connectivity index (χ0v) is 16.6. The van der Waals surface area contributed by atoms with Crippen molar-refractivity contribution in [1.29, 1.82) is 0 Å². The Kier molecular flexibility index (Phi) is 5.99. The van der Waals surface area contributed by atoms with Crippen LogP contribution >= 0.6 is 0 Å². The lowest BCUT2D eigenvalue weighted by Gasteiger charge is -2.20. The summed E-state index contributed by atoms with van der Waals surface area (Å²) in [6.45, 7) is 9.23. The van der Waals surface area contributed by atoms with Crippen molar-refractivity contribution in [2.45, 2.75) is 85.5 Å². The maximum absolute atomic E-state index is 3.89. The predicted molar refractivity (Wildman–Crippen MR) is 110 cm³/mol. The zero-order chi connectivity index (χ0) is 17.8. The van der Waals surface area contributed by atoms with Crippen molar-refractivity contribution in [3.05, 3.63) is 57.6 Å². The number of aryl methyl sites for hydroxylation is 2. The molecule has 0 bridgehead atoms. The maximum atomic E-state index is 3.89. The highest BCUT2D eigenvalue weighted by Gasteiger charge is 2.27. The quantitative estimate of drug-likeness (QED) is 0.422. The molecule has 1 aliphatic carbocycles. The molecule has 3 rings (SSSR count). The first-order chi connectivity index (χ1) is 12.2. The first-order valence-electron chi connectivity index (χ1n) is 10.4. The molecule has 0 amide bonds. The molecule has 0 heterocycles. The second-order valence-electron chi connectivity index (χ2n) is 7.54. The molecule has 0 nitrogen and oxygen atoms in total. The van der Waals surface area contributed by atoms with Gasteiger partial charge in [-0.05, 0) is 82.7 Å². The molecule has 0 unspecified atom stereocenters. The molecule has 0 fully saturated rings. The zero-order valence-electron chi connectivity index (χ0n) is 16.6. The predicted octanol–water partition coefficient (Wildman–Crippen LogP) is 6.87. The standard InChI is InChI=1S/C25H33/c1-5-10-18-14-9-15-20-17-21-16-19(11-6-2)22(12-7-3)23(13-8-4)25(21)24(18)20/h9,14-15H,5-8,10-13,17H2,1-4H3. The van der Waals surface area contributed by atoms with E-state index in [-0.39, 0.29) is 0 Å². The Morgan fingerprint density at radius 3 is 2.12 bits per heavy atom. The van der Waals surface area contributed by atoms with Gasteiger partial charge in [-0.15, -0.1) is 0 Å². The Morgan fingerprint density at radius 1 is 0.760 bits per heavy atom. The minimum Gasteiger partial charge on any atom is -0.0651 e. The summed E-state index contributed by atoms with van der Waals surface area (Å²) in [5, 5.41) is 0. The number of fused-ring (bicyclic) bond motifs is 3. The van der Waals surface area contributed by atoms with Crippen molar-refractivity contribution in [2.24, 2.45) is 0 Å². The van der Waals surface area contributed by atoms with Crippen LogP contribution in [0.2, 0.25) is 0 Å². The largest absolute Gasteiger partial charge is 0.0651 e. The van der Waals surface area contributed by atoms with Gasteiger partial charge in [-0.2, -0.15) is 0 Å². The molecule has 2 aromatic carbocycles. The molecule has 0 spiro atoms. The summed E-state index contributed by atoms with van der Waals surface area (Å²) in [4.78, 5) is 0. The minimum absolute atomic E-state index is 1.09. The molecule has 0 aromatic heterocycles. The van der Waals surface area contributed by atoms with E-state index in [9.17, 15) is 0 Å². The molecule has 2 aromatic rings. The summed E-state index contributed by atoms with van der Waals surface area (Å²) in [5.74, 6) is 0. The minimum atomic E-state index is 1.09. The lowest BCUT2D eigenvalue weighted by atomic mass is 9.84. The van der Waals surface area contributed by atoms with Crippen LogP contribution in [0.4, 0.5) is 0 Å². The summed E-state index contributed by atoms with van der Waals surface area (Å²) >= 11 is 0. The van der Waals surface area contributed by atoms with Crippen molar-refractivity contribution in [3.8, 4) is 11.1 Å². The van der Waals surface area contributed by atoms with Crippen molar-refractivity contribution < 1.29 is 0 Å². The third-order valence-electron chi connectivity index (χ3n) is 5.51. The Morgan fingerprint density at radius 2 is 1.44 bits per heavy atom. The van der Waals surface area contributed by atoms with Gasteiger partial charge in [0.25, 0.3) is 0 Å². The Labute approximate surface area is 154 Å². The molecule has 0 saturated carbocycles. The van der Waals surface area contributed by atoms with Crippen LogP contribution in [0.25, 0.3) is 11.1 Å². The Balaban J connectivity index is 2.25. The Hall–Kier alpha value is -1.56. The van der Waals surface area contributed by atoms with E-state index in [0.717, 1.165) is 6.42 Å². The van der Waals surface area contributed by atoms with E-state index in [2.05, 4.69) is 52.0 Å². The average Bonchev–Trinajstić information content (AvgIpc) is 2.97. The van der Waals surface area contributed by atoms with Crippen LogP contribution < -0.4 is 0 Å². The van der Waals surface area contributed by atoms with E-state index in [0.29, 0.717) is 0 Å². The van der Waals surface area contributed by atoms with Crippen LogP contribution in [0.15, 0.2) is 18.2 Å². The monoisotopic (exact) mass is 333 g/mol. The molecule has 0 saturated heterocycles. The molecule has 1 aliphatic rings. The fourth-order valence-electron chi connectivity index (χ4n) is 4.60. The van der Waals surface area contributed by atoms with E-state index in [1.54, 1.807) is 27.8 Å². The van der Waals surface area contributed by atoms with Crippen molar-refractivity contribution in [2.75, 3.05) is 0 Å². The summed E-state index contributed by atoms with van der Waals surface area (Å²) < 4.78 is 0. The number of hydrogen-bond acceptors (Lipinski definition) is 0. The van der Waals surface area contributed by atoms with Gasteiger partial charge in [0, 0.05) is 0 Å². The third kappa shape index (κ3) is 3.41. The highest BCUT2D eigenvalue weighted by Crippen LogP contribution is 2.44. The molecular weight excluding hydrogens is 300 g/mol. The molecular formula is C25H33. The van der Waals surface area contributed by atoms with Gasteiger partial charge < -0.3 is 0 Å². The smallest absolute Gasteiger partial charge is 0.000697 e. The van der Waals surface area contributed by atoms with Gasteiger partial charge in [-0.25, -0.2) is 0 Å². The van der Waals surface area contributed by atoms with E-state index < -0.39 is 0 Å². The van der Waals surface area contributed by atoms with Gasteiger partial charge in [-0.3, -0.25) is 0 Å². The first kappa shape index (κ1) is 18.2. The topological polar surface area (TPSA) is 0 Å². The van der Waals surface area contributed by atoms with Crippen molar-refractivity contribution in [1.82, 2.24) is 0 Å². The van der Waals surface area contributed by atoms with Crippen molar-refractivity contribution >= 4 is 0 Å². The lowest BCUT2D eigenvalue weighted by molar-refractivity contribution is 0.823. The van der Waals surface area contributed by atoms with Gasteiger partial charge in [0.05, 0.1) is 0 Å². The SMILES string of the molecule is CCCc1[c]c2c(c(CCC)c1CCC)-c1c(CCC)cccc1C2. The number of rotatable bonds is 8. The summed E-state index contributed by atoms with van der Waals surface area (Å²) in [7, 11) is 0. The summed E-state index contributed by atoms with van der Waals surface area (Å²) in [5.41, 5.74) is 12.5. The second kappa shape index (κ2) is 8.21. The van der Waals surface area contributed by atoms with Crippen LogP contribution in [0.1, 0.15) is 86.8 Å². The van der Waals surface area contributed by atoms with E-state index in [1.807, 2.05) is 0 Å². The third-order valence-corrected chi connectivity index (χ3v) is 5.51. The van der Waals surface area contributed by atoms with E-state index in [1.165, 1.54) is 68.1 Å². The van der Waals surface area contributed by atoms with Crippen molar-refractivity contribution in [3.63, 3.8) is 0 Å². The van der Waals surface area contributed by atoms with Gasteiger partial charge in [-0.1, -0.05) is 71.6 Å². The van der Waals surface area contributed by atoms with Gasteiger partial charge in [0.1, 0.15) is 0 Å². The van der Waals surface area contributed by atoms with Crippen LogP contribution in [0.5, 0.6) is 0 Å². The fraction of sp³-hybridized carbons (Fsp3) is 0.520. The van der Waals surface area contributed by atoms with Crippen LogP contribution in [-0.4, -0.2) is 0 Å². The summed E-state index contributed by atoms with van der Waals surface area (Å²) in [6.07, 6.45) is 10.8. The van der Waals surface area contributed by atoms with Crippen LogP contribution in [0, 0.1) is 6.07 Å². The highest BCUT2D eigenvalue weighted by molar-refractivity contribution is 5.83. The Bertz CT molecular complexity index is 736. The molecule has 0 N–H and O–H groups in total. The van der Waals surface area contributed by atoms with Crippen LogP contribution in [-0.2, 0) is 32.1 Å². The normalized spacial score (nSPS) is 12.3. The molecule has 133 valence electrons. The summed E-state index contributed by atoms with van der Waals surface area (Å²) in [6, 6.07) is 10.9. The van der Waals surface area contributed by atoms with Gasteiger partial charge in [0.15, 0.2) is 0 Å². The molecule has 0 atom stereocenters.